The lowest BCUT2D eigenvalue weighted by molar-refractivity contribution is -0.142. The molecule has 0 saturated heterocycles. The predicted octanol–water partition coefficient (Wildman–Crippen LogP) is 2.13. The molecule has 112 valence electrons. The summed E-state index contributed by atoms with van der Waals surface area (Å²) in [5.74, 6) is -3.43. The monoisotopic (exact) mass is 320 g/mol. The van der Waals surface area contributed by atoms with Crippen LogP contribution in [0.2, 0.25) is 0 Å². The molecule has 20 heavy (non-hydrogen) atoms. The van der Waals surface area contributed by atoms with Crippen molar-refractivity contribution in [2.24, 2.45) is 5.92 Å². The van der Waals surface area contributed by atoms with Gasteiger partial charge in [0.2, 0.25) is 7.37 Å². The molecule has 0 aromatic carbocycles. The van der Waals surface area contributed by atoms with Gasteiger partial charge in [-0.2, -0.15) is 11.3 Å². The minimum atomic E-state index is -3.57. The van der Waals surface area contributed by atoms with Crippen LogP contribution in [-0.2, 0) is 20.6 Å². The Hall–Kier alpha value is -1.17. The van der Waals surface area contributed by atoms with E-state index in [0.29, 0.717) is 6.42 Å². The average molecular weight is 320 g/mol. The number of hydrogen-bond acceptors (Lipinski definition) is 4. The quantitative estimate of drug-likeness (QED) is 0.601. The second-order valence-electron chi connectivity index (χ2n) is 4.60. The van der Waals surface area contributed by atoms with E-state index in [0.717, 1.165) is 5.56 Å². The molecule has 6 nitrogen and oxygen atoms in total. The summed E-state index contributed by atoms with van der Waals surface area (Å²) in [5.41, 5.74) is 0.946. The van der Waals surface area contributed by atoms with E-state index in [1.807, 2.05) is 16.8 Å². The van der Waals surface area contributed by atoms with Gasteiger partial charge in [-0.15, -0.1) is 0 Å². The fourth-order valence-electron chi connectivity index (χ4n) is 1.76. The summed E-state index contributed by atoms with van der Waals surface area (Å²) in [7, 11) is -3.57. The van der Waals surface area contributed by atoms with E-state index in [9.17, 15) is 19.0 Å². The zero-order valence-corrected chi connectivity index (χ0v) is 12.5. The number of carboxylic acids is 2. The molecule has 1 heterocycles. The van der Waals surface area contributed by atoms with Crippen molar-refractivity contribution in [3.8, 4) is 0 Å². The first-order valence-corrected chi connectivity index (χ1v) is 9.04. The van der Waals surface area contributed by atoms with Crippen molar-refractivity contribution in [3.05, 3.63) is 22.4 Å². The molecule has 3 N–H and O–H groups in total. The topological polar surface area (TPSA) is 112 Å². The van der Waals surface area contributed by atoms with Crippen molar-refractivity contribution in [1.82, 2.24) is 0 Å². The summed E-state index contributed by atoms with van der Waals surface area (Å²) in [4.78, 5) is 31.3. The standard InChI is InChI=1S/C12H17O6PS/c13-11(14)2-1-10(12(15)16)7-19(17,18)5-3-9-4-6-20-8-9/h4,6,8,10H,1-3,5,7H2,(H,13,14)(H,15,16)(H,17,18). The van der Waals surface area contributed by atoms with Crippen molar-refractivity contribution < 1.29 is 29.3 Å². The van der Waals surface area contributed by atoms with E-state index in [1.165, 1.54) is 11.3 Å². The zero-order chi connectivity index (χ0) is 15.2. The van der Waals surface area contributed by atoms with E-state index in [4.69, 9.17) is 10.2 Å². The fraction of sp³-hybridized carbons (Fsp3) is 0.500. The molecule has 0 radical (unpaired) electrons. The van der Waals surface area contributed by atoms with Crippen molar-refractivity contribution in [2.45, 2.75) is 19.3 Å². The van der Waals surface area contributed by atoms with Gasteiger partial charge in [-0.1, -0.05) is 0 Å². The number of rotatable bonds is 9. The van der Waals surface area contributed by atoms with Gasteiger partial charge in [-0.05, 0) is 35.2 Å². The second-order valence-corrected chi connectivity index (χ2v) is 7.89. The minimum Gasteiger partial charge on any atom is -0.481 e. The third kappa shape index (κ3) is 6.32. The summed E-state index contributed by atoms with van der Waals surface area (Å²) in [6, 6.07) is 1.85. The van der Waals surface area contributed by atoms with E-state index < -0.39 is 25.2 Å². The van der Waals surface area contributed by atoms with Crippen LogP contribution in [0.3, 0.4) is 0 Å². The molecule has 8 heteroatoms. The minimum absolute atomic E-state index is 0.0145. The smallest absolute Gasteiger partial charge is 0.307 e. The van der Waals surface area contributed by atoms with Crippen LogP contribution < -0.4 is 0 Å². The first-order valence-electron chi connectivity index (χ1n) is 6.06. The molecule has 0 aliphatic carbocycles. The van der Waals surface area contributed by atoms with Gasteiger partial charge in [-0.3, -0.25) is 14.2 Å². The van der Waals surface area contributed by atoms with Gasteiger partial charge in [0.05, 0.1) is 5.92 Å². The molecule has 0 saturated carbocycles. The molecule has 0 aliphatic heterocycles. The van der Waals surface area contributed by atoms with Gasteiger partial charge in [0.25, 0.3) is 0 Å². The summed E-state index contributed by atoms with van der Waals surface area (Å²) in [5, 5.41) is 21.3. The number of thiophene rings is 1. The van der Waals surface area contributed by atoms with Crippen molar-refractivity contribution in [2.75, 3.05) is 12.3 Å². The van der Waals surface area contributed by atoms with Crippen LogP contribution in [0.15, 0.2) is 16.8 Å². The van der Waals surface area contributed by atoms with Gasteiger partial charge in [-0.25, -0.2) is 0 Å². The van der Waals surface area contributed by atoms with Gasteiger partial charge < -0.3 is 15.1 Å². The Morgan fingerprint density at radius 1 is 1.35 bits per heavy atom. The zero-order valence-electron chi connectivity index (χ0n) is 10.8. The predicted molar refractivity (Wildman–Crippen MR) is 75.6 cm³/mol. The number of carbonyl (C=O) groups is 2. The van der Waals surface area contributed by atoms with Gasteiger partial charge in [0, 0.05) is 18.7 Å². The summed E-state index contributed by atoms with van der Waals surface area (Å²) >= 11 is 1.49. The SMILES string of the molecule is O=C(O)CCC(CP(=O)(O)CCc1ccsc1)C(=O)O. The van der Waals surface area contributed by atoms with Crippen LogP contribution in [0.5, 0.6) is 0 Å². The maximum atomic E-state index is 12.0. The van der Waals surface area contributed by atoms with Crippen LogP contribution in [0.25, 0.3) is 0 Å². The lowest BCUT2D eigenvalue weighted by Gasteiger charge is -2.16. The van der Waals surface area contributed by atoms with Crippen LogP contribution in [-0.4, -0.2) is 39.4 Å². The third-order valence-electron chi connectivity index (χ3n) is 2.89. The highest BCUT2D eigenvalue weighted by molar-refractivity contribution is 7.58. The number of aliphatic carboxylic acids is 2. The molecule has 1 rings (SSSR count). The second kappa shape index (κ2) is 7.57. The molecular weight excluding hydrogens is 303 g/mol. The Bertz CT molecular complexity index is 498. The lowest BCUT2D eigenvalue weighted by Crippen LogP contribution is -2.20. The van der Waals surface area contributed by atoms with Crippen LogP contribution in [0, 0.1) is 5.92 Å². The molecule has 2 atom stereocenters. The fourth-order valence-corrected chi connectivity index (χ4v) is 4.29. The van der Waals surface area contributed by atoms with Crippen molar-refractivity contribution >= 4 is 30.6 Å². The van der Waals surface area contributed by atoms with Crippen molar-refractivity contribution in [1.29, 1.82) is 0 Å². The van der Waals surface area contributed by atoms with Crippen LogP contribution in [0.4, 0.5) is 0 Å². The Balaban J connectivity index is 2.54. The molecule has 0 fully saturated rings. The normalized spacial score (nSPS) is 15.4. The Morgan fingerprint density at radius 2 is 2.05 bits per heavy atom. The lowest BCUT2D eigenvalue weighted by atomic mass is 10.1. The van der Waals surface area contributed by atoms with Gasteiger partial charge in [0.1, 0.15) is 0 Å². The number of carboxylic acid groups (broad SMARTS) is 2. The maximum absolute atomic E-state index is 12.0. The van der Waals surface area contributed by atoms with Gasteiger partial charge in [0.15, 0.2) is 0 Å². The molecular formula is C12H17O6PS. The average Bonchev–Trinajstić information content (AvgIpc) is 2.84. The van der Waals surface area contributed by atoms with Crippen LogP contribution >= 0.6 is 18.7 Å². The van der Waals surface area contributed by atoms with E-state index in [-0.39, 0.29) is 25.2 Å². The summed E-state index contributed by atoms with van der Waals surface area (Å²) in [6.07, 6.45) is -0.391. The highest BCUT2D eigenvalue weighted by atomic mass is 32.1. The first kappa shape index (κ1) is 16.9. The van der Waals surface area contributed by atoms with Gasteiger partial charge >= 0.3 is 11.9 Å². The molecule has 1 aromatic heterocycles. The Labute approximate surface area is 120 Å². The first-order chi connectivity index (χ1) is 9.30. The van der Waals surface area contributed by atoms with E-state index in [2.05, 4.69) is 0 Å². The van der Waals surface area contributed by atoms with Crippen LogP contribution in [0.1, 0.15) is 18.4 Å². The number of aryl methyl sites for hydroxylation is 1. The highest BCUT2D eigenvalue weighted by Gasteiger charge is 2.29. The van der Waals surface area contributed by atoms with Crippen molar-refractivity contribution in [3.63, 3.8) is 0 Å². The molecule has 0 aliphatic rings. The number of hydrogen-bond donors (Lipinski definition) is 3. The highest BCUT2D eigenvalue weighted by Crippen LogP contribution is 2.44. The molecule has 0 amide bonds. The largest absolute Gasteiger partial charge is 0.481 e. The Kier molecular flexibility index (Phi) is 6.39. The summed E-state index contributed by atoms with van der Waals surface area (Å²) < 4.78 is 12.0. The summed E-state index contributed by atoms with van der Waals surface area (Å²) in [6.45, 7) is 0. The molecule has 0 spiro atoms. The Morgan fingerprint density at radius 3 is 2.55 bits per heavy atom. The van der Waals surface area contributed by atoms with E-state index in [1.54, 1.807) is 0 Å². The molecule has 1 aromatic rings. The molecule has 2 unspecified atom stereocenters. The third-order valence-corrected chi connectivity index (χ3v) is 5.56. The maximum Gasteiger partial charge on any atom is 0.307 e. The molecule has 0 bridgehead atoms. The van der Waals surface area contributed by atoms with E-state index >= 15 is 0 Å².